The average molecular weight is 842 g/mol. The Hall–Kier alpha value is -3.97. The molecule has 1 saturated carbocycles. The minimum Gasteiger partial charge on any atom is -0.394 e. The van der Waals surface area contributed by atoms with Gasteiger partial charge in [0.05, 0.1) is 6.61 Å². The first-order chi connectivity index (χ1) is 27.3. The van der Waals surface area contributed by atoms with Gasteiger partial charge in [-0.1, -0.05) is 46.0 Å². The smallest absolute Gasteiger partial charge is 0.245 e. The van der Waals surface area contributed by atoms with Crippen LogP contribution in [0.25, 0.3) is 0 Å². The number of amides is 8. The number of thioether (sulfide) groups is 1. The Morgan fingerprint density at radius 2 is 1.14 bits per heavy atom. The van der Waals surface area contributed by atoms with E-state index in [2.05, 4.69) is 37.2 Å². The number of aliphatic hydroxyl groups excluding tert-OH is 1. The summed E-state index contributed by atoms with van der Waals surface area (Å²) in [6.07, 6.45) is 9.55. The first-order valence-corrected chi connectivity index (χ1v) is 21.8. The van der Waals surface area contributed by atoms with Gasteiger partial charge in [-0.3, -0.25) is 38.4 Å². The van der Waals surface area contributed by atoms with Crippen molar-refractivity contribution >= 4 is 59.0 Å². The van der Waals surface area contributed by atoms with Gasteiger partial charge in [0, 0.05) is 6.92 Å². The van der Waals surface area contributed by atoms with Gasteiger partial charge in [0.1, 0.15) is 42.3 Å². The van der Waals surface area contributed by atoms with Crippen LogP contribution in [0.15, 0.2) is 0 Å². The molecule has 19 heteroatoms. The van der Waals surface area contributed by atoms with Gasteiger partial charge < -0.3 is 53.0 Å². The Bertz CT molecular complexity index is 1360. The molecule has 0 bridgehead atoms. The van der Waals surface area contributed by atoms with Crippen molar-refractivity contribution in [2.45, 2.75) is 148 Å². The highest BCUT2D eigenvalue weighted by molar-refractivity contribution is 7.98. The van der Waals surface area contributed by atoms with Gasteiger partial charge in [-0.2, -0.15) is 11.8 Å². The molecule has 1 rings (SSSR count). The third kappa shape index (κ3) is 20.6. The van der Waals surface area contributed by atoms with Crippen LogP contribution in [-0.2, 0) is 38.4 Å². The number of unbranched alkanes of at least 4 members (excludes halogenated alkanes) is 1. The second kappa shape index (κ2) is 27.7. The molecular weight excluding hydrogens is 771 g/mol. The van der Waals surface area contributed by atoms with Crippen LogP contribution >= 0.6 is 11.8 Å². The molecule has 0 aromatic rings. The van der Waals surface area contributed by atoms with E-state index in [9.17, 15) is 43.5 Å². The SMILES string of the molecule is CSCC[C@H](NC(=O)[C@H](C)NC(=O)[C@H](CCCCN(C)C)NC(=O)[C@H](CC1CCCCC1)NC(C)=O)C(=O)N[C@@H](C)C(=O)N[C@@H](CO)C(=O)N[C@@H](CC(C)C)C(N)=O. The zero-order valence-corrected chi connectivity index (χ0v) is 36.6. The van der Waals surface area contributed by atoms with Crippen LogP contribution < -0.4 is 43.0 Å². The van der Waals surface area contributed by atoms with Crippen molar-refractivity contribution in [3.8, 4) is 0 Å². The molecule has 0 radical (unpaired) electrons. The largest absolute Gasteiger partial charge is 0.394 e. The Morgan fingerprint density at radius 1 is 0.655 bits per heavy atom. The molecule has 0 aromatic heterocycles. The molecule has 0 aromatic carbocycles. The van der Waals surface area contributed by atoms with Crippen LogP contribution in [-0.4, -0.2) is 139 Å². The Balaban J connectivity index is 3.02. The molecule has 0 saturated heterocycles. The minimum atomic E-state index is -1.44. The first-order valence-electron chi connectivity index (χ1n) is 20.4. The summed E-state index contributed by atoms with van der Waals surface area (Å²) < 4.78 is 0. The summed E-state index contributed by atoms with van der Waals surface area (Å²) in [4.78, 5) is 106. The quantitative estimate of drug-likeness (QED) is 0.0473. The number of hydrogen-bond donors (Lipinski definition) is 9. The van der Waals surface area contributed by atoms with Crippen molar-refractivity contribution in [1.29, 1.82) is 0 Å². The molecule has 1 aliphatic rings. The topological polar surface area (TPSA) is 270 Å². The summed E-state index contributed by atoms with van der Waals surface area (Å²) in [7, 11) is 3.87. The molecule has 0 heterocycles. The fourth-order valence-corrected chi connectivity index (χ4v) is 7.06. The molecule has 332 valence electrons. The molecule has 7 atom stereocenters. The van der Waals surface area contributed by atoms with Crippen molar-refractivity contribution in [3.63, 3.8) is 0 Å². The first kappa shape index (κ1) is 52.0. The Labute approximate surface area is 348 Å². The monoisotopic (exact) mass is 842 g/mol. The van der Waals surface area contributed by atoms with E-state index in [1.165, 1.54) is 32.5 Å². The Kier molecular flexibility index (Phi) is 24.8. The fraction of sp³-hybridized carbons (Fsp3) is 0.795. The molecule has 8 amide bonds. The predicted octanol–water partition coefficient (Wildman–Crippen LogP) is -0.581. The summed E-state index contributed by atoms with van der Waals surface area (Å²) in [6, 6.07) is -7.71. The maximum absolute atomic E-state index is 13.7. The lowest BCUT2D eigenvalue weighted by Crippen LogP contribution is -2.59. The second-order valence-electron chi connectivity index (χ2n) is 16.0. The van der Waals surface area contributed by atoms with Crippen molar-refractivity contribution in [3.05, 3.63) is 0 Å². The van der Waals surface area contributed by atoms with E-state index >= 15 is 0 Å². The van der Waals surface area contributed by atoms with Gasteiger partial charge in [0.25, 0.3) is 0 Å². The number of carbonyl (C=O) groups is 8. The third-order valence-electron chi connectivity index (χ3n) is 9.90. The minimum absolute atomic E-state index is 0.0207. The van der Waals surface area contributed by atoms with Gasteiger partial charge in [0.15, 0.2) is 0 Å². The summed E-state index contributed by atoms with van der Waals surface area (Å²) in [5.41, 5.74) is 5.40. The van der Waals surface area contributed by atoms with Gasteiger partial charge in [-0.25, -0.2) is 0 Å². The molecule has 10 N–H and O–H groups in total. The number of nitrogens with two attached hydrogens (primary N) is 1. The maximum atomic E-state index is 13.7. The van der Waals surface area contributed by atoms with E-state index in [0.717, 1.165) is 45.1 Å². The van der Waals surface area contributed by atoms with E-state index in [4.69, 9.17) is 5.73 Å². The zero-order valence-electron chi connectivity index (χ0n) is 35.7. The van der Waals surface area contributed by atoms with Gasteiger partial charge >= 0.3 is 0 Å². The van der Waals surface area contributed by atoms with Crippen molar-refractivity contribution < 1.29 is 43.5 Å². The number of rotatable bonds is 27. The molecule has 18 nitrogen and oxygen atoms in total. The van der Waals surface area contributed by atoms with Gasteiger partial charge in [0.2, 0.25) is 47.3 Å². The van der Waals surface area contributed by atoms with Crippen LogP contribution in [0.2, 0.25) is 0 Å². The molecular formula is C39H71N9O9S. The number of nitrogens with one attached hydrogen (secondary N) is 7. The summed E-state index contributed by atoms with van der Waals surface area (Å²) >= 11 is 1.43. The highest BCUT2D eigenvalue weighted by Gasteiger charge is 2.32. The maximum Gasteiger partial charge on any atom is 0.245 e. The Morgan fingerprint density at radius 3 is 1.62 bits per heavy atom. The normalized spacial score (nSPS) is 16.7. The van der Waals surface area contributed by atoms with Gasteiger partial charge in [-0.05, 0) is 96.9 Å². The van der Waals surface area contributed by atoms with Gasteiger partial charge in [-0.15, -0.1) is 0 Å². The highest BCUT2D eigenvalue weighted by Crippen LogP contribution is 2.27. The second-order valence-corrected chi connectivity index (χ2v) is 17.0. The van der Waals surface area contributed by atoms with Crippen LogP contribution in [0.4, 0.5) is 0 Å². The lowest BCUT2D eigenvalue weighted by molar-refractivity contribution is -0.135. The molecule has 1 fully saturated rings. The molecule has 0 aliphatic heterocycles. The lowest BCUT2D eigenvalue weighted by atomic mass is 9.84. The number of nitrogens with zero attached hydrogens (tertiary/aromatic N) is 1. The fourth-order valence-electron chi connectivity index (χ4n) is 6.59. The number of primary amides is 1. The van der Waals surface area contributed by atoms with E-state index in [0.29, 0.717) is 18.6 Å². The molecule has 0 unspecified atom stereocenters. The van der Waals surface area contributed by atoms with Crippen LogP contribution in [0.5, 0.6) is 0 Å². The van der Waals surface area contributed by atoms with E-state index in [1.54, 1.807) is 0 Å². The van der Waals surface area contributed by atoms with Crippen LogP contribution in [0.1, 0.15) is 105 Å². The third-order valence-corrected chi connectivity index (χ3v) is 10.5. The average Bonchev–Trinajstić information content (AvgIpc) is 3.15. The predicted molar refractivity (Wildman–Crippen MR) is 223 cm³/mol. The molecule has 1 aliphatic carbocycles. The van der Waals surface area contributed by atoms with Crippen molar-refractivity contribution in [2.24, 2.45) is 17.6 Å². The molecule has 58 heavy (non-hydrogen) atoms. The summed E-state index contributed by atoms with van der Waals surface area (Å²) in [5.74, 6) is -4.44. The number of hydrogen-bond acceptors (Lipinski definition) is 11. The van der Waals surface area contributed by atoms with Crippen LogP contribution in [0.3, 0.4) is 0 Å². The highest BCUT2D eigenvalue weighted by atomic mass is 32.2. The van der Waals surface area contributed by atoms with Crippen molar-refractivity contribution in [2.75, 3.05) is 39.3 Å². The van der Waals surface area contributed by atoms with Crippen molar-refractivity contribution in [1.82, 2.24) is 42.1 Å². The number of carbonyl (C=O) groups excluding carboxylic acids is 8. The summed E-state index contributed by atoms with van der Waals surface area (Å²) in [6.45, 7) is 7.80. The van der Waals surface area contributed by atoms with Crippen LogP contribution in [0, 0.1) is 11.8 Å². The standard InChI is InChI=1S/C39H71N9O9S/c1-23(2)20-30(33(40)51)46-39(57)32(22-49)47-35(53)25(4)42-37(55)29(17-19-58-8)44-34(52)24(3)41-36(54)28(16-12-13-18-48(6)7)45-38(56)31(43-26(5)50)21-27-14-10-9-11-15-27/h23-25,27-32,49H,9-22H2,1-8H3,(H2,40,51)(H,41,54)(H,42,55)(H,43,50)(H,44,52)(H,45,56)(H,46,57)(H,47,53)/t24-,25-,28-,29-,30-,31-,32-/m0/s1. The van der Waals surface area contributed by atoms with E-state index < -0.39 is 90.3 Å². The zero-order chi connectivity index (χ0) is 43.9. The van der Waals surface area contributed by atoms with E-state index in [-0.39, 0.29) is 37.0 Å². The summed E-state index contributed by atoms with van der Waals surface area (Å²) in [5, 5.41) is 28.0. The molecule has 0 spiro atoms. The van der Waals surface area contributed by atoms with E-state index in [1.807, 2.05) is 39.1 Å². The lowest BCUT2D eigenvalue weighted by Gasteiger charge is -2.28. The number of aliphatic hydroxyl groups is 1.